The van der Waals surface area contributed by atoms with Crippen LogP contribution in [0.2, 0.25) is 0 Å². The van der Waals surface area contributed by atoms with Gasteiger partial charge in [-0.15, -0.1) is 0 Å². The third kappa shape index (κ3) is 3.50. The molecule has 6 heteroatoms. The van der Waals surface area contributed by atoms with Gasteiger partial charge < -0.3 is 5.32 Å². The van der Waals surface area contributed by atoms with Gasteiger partial charge in [0.25, 0.3) is 5.91 Å². The summed E-state index contributed by atoms with van der Waals surface area (Å²) in [6.07, 6.45) is 2.69. The maximum absolute atomic E-state index is 11.9. The van der Waals surface area contributed by atoms with Crippen LogP contribution in [0.1, 0.15) is 19.5 Å². The van der Waals surface area contributed by atoms with Crippen LogP contribution in [-0.4, -0.2) is 45.4 Å². The van der Waals surface area contributed by atoms with Crippen molar-refractivity contribution in [3.8, 4) is 0 Å². The lowest BCUT2D eigenvalue weighted by atomic mass is 10.1. The first-order valence-electron chi connectivity index (χ1n) is 6.62. The number of amides is 3. The maximum atomic E-state index is 11.9. The number of nitrogens with zero attached hydrogens (tertiary/aromatic N) is 2. The second-order valence-corrected chi connectivity index (χ2v) is 6.42. The first-order valence-corrected chi connectivity index (χ1v) is 7.78. The number of hydrogen-bond donors (Lipinski definition) is 1. The van der Waals surface area contributed by atoms with Crippen molar-refractivity contribution in [3.63, 3.8) is 0 Å². The molecular formula is C14H19N3O2S. The van der Waals surface area contributed by atoms with E-state index >= 15 is 0 Å². The molecule has 1 aromatic heterocycles. The minimum Gasteiger partial charge on any atom is -0.324 e. The standard InChI is InChI=1S/C14H19N3O2S/c1-14(2)12(18)17(13(19)16-14)8-10-20-9-6-11-5-3-4-7-15-11/h3-5,7H,6,8-10H2,1-2H3,(H,16,19). The van der Waals surface area contributed by atoms with Crippen LogP contribution in [0.5, 0.6) is 0 Å². The van der Waals surface area contributed by atoms with Gasteiger partial charge in [0, 0.05) is 24.2 Å². The third-order valence-corrected chi connectivity index (χ3v) is 4.10. The molecule has 1 N–H and O–H groups in total. The predicted octanol–water partition coefficient (Wildman–Crippen LogP) is 1.69. The number of aromatic nitrogens is 1. The van der Waals surface area contributed by atoms with E-state index in [1.165, 1.54) is 4.90 Å². The van der Waals surface area contributed by atoms with Gasteiger partial charge in [0.15, 0.2) is 0 Å². The highest BCUT2D eigenvalue weighted by Gasteiger charge is 2.43. The minimum atomic E-state index is -0.768. The Morgan fingerprint density at radius 2 is 2.10 bits per heavy atom. The number of thioether (sulfide) groups is 1. The zero-order valence-corrected chi connectivity index (χ0v) is 12.6. The molecule has 0 spiro atoms. The van der Waals surface area contributed by atoms with Gasteiger partial charge in [-0.2, -0.15) is 11.8 Å². The fourth-order valence-corrected chi connectivity index (χ4v) is 2.87. The summed E-state index contributed by atoms with van der Waals surface area (Å²) in [7, 11) is 0. The van der Waals surface area contributed by atoms with E-state index in [1.54, 1.807) is 31.8 Å². The molecule has 2 heterocycles. The predicted molar refractivity (Wildman–Crippen MR) is 79.6 cm³/mol. The Hall–Kier alpha value is -1.56. The summed E-state index contributed by atoms with van der Waals surface area (Å²) in [6, 6.07) is 5.59. The molecule has 5 nitrogen and oxygen atoms in total. The molecular weight excluding hydrogens is 274 g/mol. The zero-order valence-electron chi connectivity index (χ0n) is 11.8. The molecule has 0 aliphatic carbocycles. The highest BCUT2D eigenvalue weighted by molar-refractivity contribution is 7.99. The van der Waals surface area contributed by atoms with Gasteiger partial charge in [0.1, 0.15) is 5.54 Å². The number of nitrogens with one attached hydrogen (secondary N) is 1. The topological polar surface area (TPSA) is 62.3 Å². The van der Waals surface area contributed by atoms with Crippen LogP contribution in [0.25, 0.3) is 0 Å². The normalized spacial score (nSPS) is 17.4. The van der Waals surface area contributed by atoms with Crippen LogP contribution in [0.3, 0.4) is 0 Å². The molecule has 1 aliphatic heterocycles. The van der Waals surface area contributed by atoms with Crippen molar-refractivity contribution >= 4 is 23.7 Å². The van der Waals surface area contributed by atoms with E-state index in [2.05, 4.69) is 10.3 Å². The largest absolute Gasteiger partial charge is 0.325 e. The second-order valence-electron chi connectivity index (χ2n) is 5.20. The maximum Gasteiger partial charge on any atom is 0.325 e. The van der Waals surface area contributed by atoms with Crippen LogP contribution in [0, 0.1) is 0 Å². The monoisotopic (exact) mass is 293 g/mol. The van der Waals surface area contributed by atoms with E-state index in [-0.39, 0.29) is 11.9 Å². The Morgan fingerprint density at radius 3 is 2.70 bits per heavy atom. The van der Waals surface area contributed by atoms with E-state index in [9.17, 15) is 9.59 Å². The Labute approximate surface area is 123 Å². The lowest BCUT2D eigenvalue weighted by molar-refractivity contribution is -0.130. The number of rotatable bonds is 6. The molecule has 3 amide bonds. The molecule has 0 radical (unpaired) electrons. The zero-order chi connectivity index (χ0) is 14.6. The Kier molecular flexibility index (Phi) is 4.65. The number of imide groups is 1. The number of hydrogen-bond acceptors (Lipinski definition) is 4. The molecule has 108 valence electrons. The molecule has 1 saturated heterocycles. The molecule has 0 aromatic carbocycles. The van der Waals surface area contributed by atoms with Gasteiger partial charge in [0.2, 0.25) is 0 Å². The summed E-state index contributed by atoms with van der Waals surface area (Å²) in [5, 5.41) is 2.68. The molecule has 0 bridgehead atoms. The van der Waals surface area contributed by atoms with Gasteiger partial charge in [-0.1, -0.05) is 6.07 Å². The number of carbonyl (C=O) groups is 2. The first kappa shape index (κ1) is 14.8. The van der Waals surface area contributed by atoms with Crippen LogP contribution >= 0.6 is 11.8 Å². The summed E-state index contributed by atoms with van der Waals surface area (Å²) >= 11 is 1.73. The minimum absolute atomic E-state index is 0.146. The van der Waals surface area contributed by atoms with E-state index in [1.807, 2.05) is 18.2 Å². The van der Waals surface area contributed by atoms with Crippen molar-refractivity contribution in [3.05, 3.63) is 30.1 Å². The van der Waals surface area contributed by atoms with Crippen molar-refractivity contribution in [1.29, 1.82) is 0 Å². The summed E-state index contributed by atoms with van der Waals surface area (Å²) in [6.45, 7) is 3.91. The molecule has 1 fully saturated rings. The van der Waals surface area contributed by atoms with Gasteiger partial charge >= 0.3 is 6.03 Å². The summed E-state index contributed by atoms with van der Waals surface area (Å²) in [5.41, 5.74) is 0.298. The smallest absolute Gasteiger partial charge is 0.324 e. The van der Waals surface area contributed by atoms with Gasteiger partial charge in [-0.05, 0) is 38.2 Å². The number of carbonyl (C=O) groups excluding carboxylic acids is 2. The Morgan fingerprint density at radius 1 is 1.30 bits per heavy atom. The second kappa shape index (κ2) is 6.26. The van der Waals surface area contributed by atoms with Crippen LogP contribution in [0.15, 0.2) is 24.4 Å². The lowest BCUT2D eigenvalue weighted by Crippen LogP contribution is -2.40. The summed E-state index contributed by atoms with van der Waals surface area (Å²) in [4.78, 5) is 29.2. The van der Waals surface area contributed by atoms with Crippen molar-refractivity contribution < 1.29 is 9.59 Å². The van der Waals surface area contributed by atoms with Gasteiger partial charge in [-0.3, -0.25) is 14.7 Å². The number of aryl methyl sites for hydroxylation is 1. The van der Waals surface area contributed by atoms with E-state index in [0.717, 1.165) is 23.6 Å². The lowest BCUT2D eigenvalue weighted by Gasteiger charge is -2.15. The molecule has 2 rings (SSSR count). The first-order chi connectivity index (χ1) is 9.50. The molecule has 20 heavy (non-hydrogen) atoms. The average molecular weight is 293 g/mol. The summed E-state index contributed by atoms with van der Waals surface area (Å²) in [5.74, 6) is 1.54. The fourth-order valence-electron chi connectivity index (χ4n) is 2.00. The van der Waals surface area contributed by atoms with Crippen molar-refractivity contribution in [1.82, 2.24) is 15.2 Å². The van der Waals surface area contributed by atoms with E-state index < -0.39 is 5.54 Å². The third-order valence-electron chi connectivity index (χ3n) is 3.13. The quantitative estimate of drug-likeness (QED) is 0.640. The molecule has 0 unspecified atom stereocenters. The SMILES string of the molecule is CC1(C)NC(=O)N(CCSCCc2ccccn2)C1=O. The molecule has 1 aliphatic rings. The van der Waals surface area contributed by atoms with Crippen LogP contribution < -0.4 is 5.32 Å². The Bertz CT molecular complexity index is 490. The number of pyridine rings is 1. The van der Waals surface area contributed by atoms with Crippen molar-refractivity contribution in [2.75, 3.05) is 18.1 Å². The van der Waals surface area contributed by atoms with E-state index in [0.29, 0.717) is 6.54 Å². The summed E-state index contributed by atoms with van der Waals surface area (Å²) < 4.78 is 0. The average Bonchev–Trinajstić information content (AvgIpc) is 2.61. The highest BCUT2D eigenvalue weighted by Crippen LogP contribution is 2.17. The van der Waals surface area contributed by atoms with Crippen LogP contribution in [-0.2, 0) is 11.2 Å². The van der Waals surface area contributed by atoms with E-state index in [4.69, 9.17) is 0 Å². The van der Waals surface area contributed by atoms with Crippen molar-refractivity contribution in [2.24, 2.45) is 0 Å². The van der Waals surface area contributed by atoms with Crippen LogP contribution in [0.4, 0.5) is 4.79 Å². The number of urea groups is 1. The molecule has 0 atom stereocenters. The molecule has 0 saturated carbocycles. The van der Waals surface area contributed by atoms with Gasteiger partial charge in [0.05, 0.1) is 0 Å². The van der Waals surface area contributed by atoms with Gasteiger partial charge in [-0.25, -0.2) is 4.79 Å². The highest BCUT2D eigenvalue weighted by atomic mass is 32.2. The fraction of sp³-hybridized carbons (Fsp3) is 0.500. The molecule has 1 aromatic rings. The Balaban J connectivity index is 1.69. The van der Waals surface area contributed by atoms with Crippen molar-refractivity contribution in [2.45, 2.75) is 25.8 Å².